The zero-order valence-corrected chi connectivity index (χ0v) is 26.7. The number of imidazole rings is 2. The molecular formula is C29H42N8O11. The third-order valence-electron chi connectivity index (χ3n) is 7.33. The van der Waals surface area contributed by atoms with Crippen molar-refractivity contribution in [3.63, 3.8) is 0 Å². The van der Waals surface area contributed by atoms with Crippen LogP contribution in [0.2, 0.25) is 0 Å². The quantitative estimate of drug-likeness (QED) is 0.0580. The monoisotopic (exact) mass is 678 g/mol. The van der Waals surface area contributed by atoms with Gasteiger partial charge in [0.15, 0.2) is 0 Å². The number of hydrogen-bond donors (Lipinski definition) is 7. The summed E-state index contributed by atoms with van der Waals surface area (Å²) in [6, 6.07) is -4.02. The molecule has 0 saturated carbocycles. The Bertz CT molecular complexity index is 1400. The van der Waals surface area contributed by atoms with E-state index in [4.69, 9.17) is 10.2 Å². The van der Waals surface area contributed by atoms with Gasteiger partial charge in [-0.2, -0.15) is 0 Å². The Balaban J connectivity index is 1.81. The first kappa shape index (κ1) is 38.9. The van der Waals surface area contributed by atoms with Crippen molar-refractivity contribution in [3.8, 4) is 0 Å². The Morgan fingerprint density at radius 2 is 1.33 bits per heavy atom. The van der Waals surface area contributed by atoms with E-state index in [-0.39, 0.29) is 38.8 Å². The van der Waals surface area contributed by atoms with Crippen molar-refractivity contribution in [2.75, 3.05) is 13.1 Å². The minimum Gasteiger partial charge on any atom is -0.481 e. The molecule has 0 aliphatic rings. The molecule has 0 radical (unpaired) electrons. The number of unbranched alkanes of at least 4 members (excludes halogenated alkanes) is 1. The van der Waals surface area contributed by atoms with Crippen LogP contribution in [0.3, 0.4) is 0 Å². The molecule has 48 heavy (non-hydrogen) atoms. The number of aliphatic carboxylic acids is 4. The SMILES string of the molecule is Cn1ccnc1CN(Cc1nccn1C)C[C@H](CC(=O)CC(=O)NCCCC[C@H](NC(=O)N[C@@H](CCC(=O)O)C(=O)O)C(=O)O)C(=O)O. The van der Waals surface area contributed by atoms with Crippen molar-refractivity contribution in [1.82, 2.24) is 40.0 Å². The first-order valence-electron chi connectivity index (χ1n) is 15.1. The van der Waals surface area contributed by atoms with Crippen molar-refractivity contribution in [2.24, 2.45) is 20.0 Å². The number of ketones is 1. The van der Waals surface area contributed by atoms with Crippen LogP contribution in [0.5, 0.6) is 0 Å². The number of nitrogens with zero attached hydrogens (tertiary/aromatic N) is 5. The molecule has 3 atom stereocenters. The van der Waals surface area contributed by atoms with Crippen LogP contribution in [0.1, 0.15) is 56.6 Å². The van der Waals surface area contributed by atoms with Crippen LogP contribution in [0.25, 0.3) is 0 Å². The summed E-state index contributed by atoms with van der Waals surface area (Å²) in [6.45, 7) is 0.670. The van der Waals surface area contributed by atoms with Gasteiger partial charge < -0.3 is 45.5 Å². The van der Waals surface area contributed by atoms with E-state index in [1.54, 1.807) is 33.9 Å². The topological polar surface area (TPSA) is 275 Å². The number of aromatic nitrogens is 4. The van der Waals surface area contributed by atoms with Gasteiger partial charge in [0.25, 0.3) is 0 Å². The smallest absolute Gasteiger partial charge is 0.326 e. The van der Waals surface area contributed by atoms with Crippen LogP contribution >= 0.6 is 0 Å². The van der Waals surface area contributed by atoms with Crippen molar-refractivity contribution in [2.45, 2.75) is 70.1 Å². The molecule has 0 unspecified atom stereocenters. The molecule has 264 valence electrons. The van der Waals surface area contributed by atoms with E-state index in [0.717, 1.165) is 0 Å². The lowest BCUT2D eigenvalue weighted by atomic mass is 10.00. The fourth-order valence-corrected chi connectivity index (χ4v) is 4.65. The van der Waals surface area contributed by atoms with Gasteiger partial charge in [0.1, 0.15) is 29.5 Å². The molecule has 2 aromatic rings. The zero-order valence-electron chi connectivity index (χ0n) is 26.7. The van der Waals surface area contributed by atoms with Crippen LogP contribution in [-0.2, 0) is 56.0 Å². The van der Waals surface area contributed by atoms with Gasteiger partial charge in [-0.25, -0.2) is 24.4 Å². The van der Waals surface area contributed by atoms with Crippen LogP contribution in [0, 0.1) is 5.92 Å². The predicted molar refractivity (Wildman–Crippen MR) is 164 cm³/mol. The van der Waals surface area contributed by atoms with E-state index >= 15 is 0 Å². The summed E-state index contributed by atoms with van der Waals surface area (Å²) < 4.78 is 3.60. The average molecular weight is 679 g/mol. The molecule has 2 rings (SSSR count). The second-order valence-electron chi connectivity index (χ2n) is 11.2. The van der Waals surface area contributed by atoms with Gasteiger partial charge in [-0.1, -0.05) is 0 Å². The number of amides is 3. The van der Waals surface area contributed by atoms with Gasteiger partial charge in [0.2, 0.25) is 5.91 Å². The Labute approximate surface area is 275 Å². The second-order valence-corrected chi connectivity index (χ2v) is 11.2. The molecule has 0 aliphatic carbocycles. The summed E-state index contributed by atoms with van der Waals surface area (Å²) in [7, 11) is 3.62. The number of nitrogens with one attached hydrogen (secondary N) is 3. The fraction of sp³-hybridized carbons (Fsp3) is 0.552. The lowest BCUT2D eigenvalue weighted by Crippen LogP contribution is -2.51. The van der Waals surface area contributed by atoms with Crippen LogP contribution in [-0.4, -0.2) is 111 Å². The summed E-state index contributed by atoms with van der Waals surface area (Å²) in [5.74, 6) is -6.25. The molecule has 0 bridgehead atoms. The Morgan fingerprint density at radius 3 is 1.79 bits per heavy atom. The summed E-state index contributed by atoms with van der Waals surface area (Å²) in [5, 5.41) is 43.8. The molecular weight excluding hydrogens is 636 g/mol. The minimum atomic E-state index is -1.53. The molecule has 0 aromatic carbocycles. The fourth-order valence-electron chi connectivity index (χ4n) is 4.65. The Kier molecular flexibility index (Phi) is 15.7. The van der Waals surface area contributed by atoms with Gasteiger partial charge in [0, 0.05) is 64.8 Å². The third-order valence-corrected chi connectivity index (χ3v) is 7.33. The van der Waals surface area contributed by atoms with Gasteiger partial charge in [-0.05, 0) is 25.7 Å². The molecule has 7 N–H and O–H groups in total. The number of hydrogen-bond acceptors (Lipinski definition) is 10. The lowest BCUT2D eigenvalue weighted by Gasteiger charge is -2.25. The standard InChI is InChI=1S/C29H42N8O11/c1-35-11-9-30-22(35)16-37(17-23-31-10-12-36(23)2)15-18(26(42)43)13-19(38)14-24(39)32-8-4-3-5-20(27(44)45)33-29(48)34-21(28(46)47)6-7-25(40)41/h9-12,18,20-21H,3-8,13-17H2,1-2H3,(H,32,39)(H,40,41)(H,42,43)(H,44,45)(H,46,47)(H2,33,34,48)/t18-,20-,21-/m0/s1. The number of carboxylic acid groups (broad SMARTS) is 4. The van der Waals surface area contributed by atoms with Crippen LogP contribution < -0.4 is 16.0 Å². The third kappa shape index (κ3) is 14.0. The molecule has 2 heterocycles. The summed E-state index contributed by atoms with van der Waals surface area (Å²) in [4.78, 5) is 93.2. The number of carboxylic acids is 4. The van der Waals surface area contributed by atoms with Crippen molar-refractivity contribution < 1.29 is 54.0 Å². The molecule has 0 spiro atoms. The highest BCUT2D eigenvalue weighted by atomic mass is 16.4. The van der Waals surface area contributed by atoms with Gasteiger partial charge >= 0.3 is 29.9 Å². The molecule has 0 fully saturated rings. The number of Topliss-reactive ketones (excluding diaryl/α,β-unsaturated/α-hetero) is 1. The molecule has 2 aromatic heterocycles. The van der Waals surface area contributed by atoms with E-state index < -0.39 is 78.9 Å². The lowest BCUT2D eigenvalue weighted by molar-refractivity contribution is -0.145. The predicted octanol–water partition coefficient (Wildman–Crippen LogP) is -0.437. The van der Waals surface area contributed by atoms with E-state index in [9.17, 15) is 43.8 Å². The maximum atomic E-state index is 12.7. The van der Waals surface area contributed by atoms with Crippen LogP contribution in [0.4, 0.5) is 4.79 Å². The summed E-state index contributed by atoms with van der Waals surface area (Å²) >= 11 is 0. The van der Waals surface area contributed by atoms with Crippen molar-refractivity contribution >= 4 is 41.6 Å². The van der Waals surface area contributed by atoms with E-state index in [0.29, 0.717) is 24.7 Å². The largest absolute Gasteiger partial charge is 0.481 e. The highest BCUT2D eigenvalue weighted by molar-refractivity contribution is 5.99. The number of urea groups is 1. The highest BCUT2D eigenvalue weighted by Crippen LogP contribution is 2.15. The highest BCUT2D eigenvalue weighted by Gasteiger charge is 2.27. The molecule has 0 aliphatic heterocycles. The number of carbonyl (C=O) groups is 7. The van der Waals surface area contributed by atoms with Crippen molar-refractivity contribution in [3.05, 3.63) is 36.4 Å². The first-order chi connectivity index (χ1) is 22.7. The molecule has 19 nitrogen and oxygen atoms in total. The van der Waals surface area contributed by atoms with Crippen LogP contribution in [0.15, 0.2) is 24.8 Å². The van der Waals surface area contributed by atoms with Gasteiger partial charge in [-0.3, -0.25) is 24.1 Å². The minimum absolute atomic E-state index is 0.00147. The number of aryl methyl sites for hydroxylation is 2. The zero-order chi connectivity index (χ0) is 35.8. The first-order valence-corrected chi connectivity index (χ1v) is 15.1. The molecule has 19 heteroatoms. The summed E-state index contributed by atoms with van der Waals surface area (Å²) in [5.41, 5.74) is 0. The average Bonchev–Trinajstić information content (AvgIpc) is 3.59. The maximum absolute atomic E-state index is 12.7. The van der Waals surface area contributed by atoms with E-state index in [1.165, 1.54) is 0 Å². The Hall–Kier alpha value is -5.33. The second kappa shape index (κ2) is 19.4. The van der Waals surface area contributed by atoms with E-state index in [1.807, 2.05) is 24.3 Å². The normalized spacial score (nSPS) is 12.9. The maximum Gasteiger partial charge on any atom is 0.326 e. The Morgan fingerprint density at radius 1 is 0.792 bits per heavy atom. The number of carbonyl (C=O) groups excluding carboxylic acids is 3. The van der Waals surface area contributed by atoms with E-state index in [2.05, 4.69) is 20.6 Å². The molecule has 3 amide bonds. The van der Waals surface area contributed by atoms with Gasteiger partial charge in [-0.15, -0.1) is 0 Å². The number of rotatable bonds is 23. The van der Waals surface area contributed by atoms with Crippen molar-refractivity contribution in [1.29, 1.82) is 0 Å². The summed E-state index contributed by atoms with van der Waals surface area (Å²) in [6.07, 6.45) is 5.35. The molecule has 0 saturated heterocycles. The van der Waals surface area contributed by atoms with Gasteiger partial charge in [0.05, 0.1) is 25.4 Å².